The molecule has 8 heteroatoms. The van der Waals surface area contributed by atoms with Crippen molar-refractivity contribution in [3.8, 4) is 17.7 Å². The predicted octanol–water partition coefficient (Wildman–Crippen LogP) is 3.42. The third kappa shape index (κ3) is 5.42. The number of benzene rings is 2. The second-order valence-electron chi connectivity index (χ2n) is 8.57. The van der Waals surface area contributed by atoms with Gasteiger partial charge in [-0.25, -0.2) is 9.78 Å². The molecule has 0 spiro atoms. The first-order valence-corrected chi connectivity index (χ1v) is 12.1. The van der Waals surface area contributed by atoms with Crippen LogP contribution in [-0.2, 0) is 27.2 Å². The molecule has 0 fully saturated rings. The number of nitrogens with two attached hydrogens (primary N) is 1. The van der Waals surface area contributed by atoms with Crippen LogP contribution in [0.3, 0.4) is 0 Å². The van der Waals surface area contributed by atoms with Gasteiger partial charge in [-0.2, -0.15) is 0 Å². The molecule has 0 bridgehead atoms. The van der Waals surface area contributed by atoms with E-state index in [1.165, 1.54) is 7.11 Å². The van der Waals surface area contributed by atoms with Crippen LogP contribution in [0.4, 0.5) is 0 Å². The number of aryl methyl sites for hydroxylation is 1. The van der Waals surface area contributed by atoms with Gasteiger partial charge in [0, 0.05) is 29.4 Å². The van der Waals surface area contributed by atoms with Crippen molar-refractivity contribution in [2.24, 2.45) is 5.73 Å². The number of carbonyl (C=O) groups excluding carboxylic acids is 3. The van der Waals surface area contributed by atoms with Gasteiger partial charge in [0.2, 0.25) is 5.88 Å². The van der Waals surface area contributed by atoms with Gasteiger partial charge in [0.1, 0.15) is 5.52 Å². The quantitative estimate of drug-likeness (QED) is 0.169. The number of aromatic nitrogens is 2. The van der Waals surface area contributed by atoms with Crippen molar-refractivity contribution in [1.29, 1.82) is 0 Å². The van der Waals surface area contributed by atoms with E-state index in [-0.39, 0.29) is 17.0 Å². The monoisotopic (exact) mass is 509 g/mol. The number of rotatable bonds is 8. The molecule has 0 saturated carbocycles. The standard InChI is InChI=1S/C30H27N3O5/c1-4-23-24(16-22-13-9-8-12-21(22)15-14-20-10-6-5-7-11-20)33-17-19(2)32-30(38-18-25(34)37-3)27(33)26(23)28(35)29(31)36/h5-13,17H,4,16,18H2,1-3H3,(H2,31,36). The van der Waals surface area contributed by atoms with Gasteiger partial charge in [-0.15, -0.1) is 0 Å². The summed E-state index contributed by atoms with van der Waals surface area (Å²) in [6.07, 6.45) is 2.62. The Labute approximate surface area is 220 Å². The number of Topliss-reactive ketones (excluding diaryl/α,β-unsaturated/α-hetero) is 1. The molecule has 4 aromatic rings. The summed E-state index contributed by atoms with van der Waals surface area (Å²) in [5, 5.41) is 0. The second-order valence-corrected chi connectivity index (χ2v) is 8.57. The maximum atomic E-state index is 13.1. The zero-order valence-corrected chi connectivity index (χ0v) is 21.4. The van der Waals surface area contributed by atoms with E-state index in [9.17, 15) is 14.4 Å². The van der Waals surface area contributed by atoms with E-state index in [1.807, 2.05) is 61.5 Å². The smallest absolute Gasteiger partial charge is 0.343 e. The number of methoxy groups -OCH3 is 1. The van der Waals surface area contributed by atoms with E-state index in [1.54, 1.807) is 17.5 Å². The number of hydrogen-bond donors (Lipinski definition) is 1. The van der Waals surface area contributed by atoms with E-state index < -0.39 is 24.3 Å². The predicted molar refractivity (Wildman–Crippen MR) is 142 cm³/mol. The highest BCUT2D eigenvalue weighted by atomic mass is 16.6. The van der Waals surface area contributed by atoms with Gasteiger partial charge in [-0.05, 0) is 42.7 Å². The van der Waals surface area contributed by atoms with Crippen LogP contribution in [0.5, 0.6) is 5.88 Å². The fraction of sp³-hybridized carbons (Fsp3) is 0.200. The summed E-state index contributed by atoms with van der Waals surface area (Å²) >= 11 is 0. The van der Waals surface area contributed by atoms with Crippen molar-refractivity contribution in [3.63, 3.8) is 0 Å². The summed E-state index contributed by atoms with van der Waals surface area (Å²) in [6, 6.07) is 17.5. The van der Waals surface area contributed by atoms with Crippen molar-refractivity contribution >= 4 is 23.2 Å². The Morgan fingerprint density at radius 1 is 1.03 bits per heavy atom. The Morgan fingerprint density at radius 3 is 2.42 bits per heavy atom. The second kappa shape index (κ2) is 11.4. The zero-order valence-electron chi connectivity index (χ0n) is 21.4. The molecule has 0 aliphatic carbocycles. The molecule has 0 atom stereocenters. The Balaban J connectivity index is 1.91. The van der Waals surface area contributed by atoms with Crippen LogP contribution in [0.25, 0.3) is 5.52 Å². The van der Waals surface area contributed by atoms with Crippen LogP contribution in [0.2, 0.25) is 0 Å². The van der Waals surface area contributed by atoms with Gasteiger partial charge >= 0.3 is 5.97 Å². The number of primary amides is 1. The van der Waals surface area contributed by atoms with E-state index in [4.69, 9.17) is 10.5 Å². The van der Waals surface area contributed by atoms with Gasteiger partial charge in [-0.3, -0.25) is 9.59 Å². The maximum Gasteiger partial charge on any atom is 0.343 e. The number of ether oxygens (including phenoxy) is 2. The lowest BCUT2D eigenvalue weighted by Gasteiger charge is -2.11. The minimum Gasteiger partial charge on any atom is -0.466 e. The fourth-order valence-corrected chi connectivity index (χ4v) is 4.33. The molecule has 0 saturated heterocycles. The summed E-state index contributed by atoms with van der Waals surface area (Å²) in [6.45, 7) is 3.26. The van der Waals surface area contributed by atoms with Crippen molar-refractivity contribution in [2.75, 3.05) is 13.7 Å². The number of nitrogens with zero attached hydrogens (tertiary/aromatic N) is 2. The first kappa shape index (κ1) is 26.2. The number of fused-ring (bicyclic) bond motifs is 1. The molecule has 2 aromatic heterocycles. The van der Waals surface area contributed by atoms with E-state index in [0.717, 1.165) is 22.4 Å². The highest BCUT2D eigenvalue weighted by Crippen LogP contribution is 2.33. The Bertz CT molecular complexity index is 1590. The van der Waals surface area contributed by atoms with Gasteiger partial charge in [0.05, 0.1) is 18.4 Å². The summed E-state index contributed by atoms with van der Waals surface area (Å²) in [7, 11) is 1.25. The summed E-state index contributed by atoms with van der Waals surface area (Å²) in [4.78, 5) is 41.3. The molecule has 2 N–H and O–H groups in total. The Morgan fingerprint density at radius 2 is 1.74 bits per heavy atom. The van der Waals surface area contributed by atoms with Crippen molar-refractivity contribution in [1.82, 2.24) is 9.38 Å². The van der Waals surface area contributed by atoms with Crippen LogP contribution < -0.4 is 10.5 Å². The molecule has 8 nitrogen and oxygen atoms in total. The fourth-order valence-electron chi connectivity index (χ4n) is 4.33. The molecule has 1 amide bonds. The van der Waals surface area contributed by atoms with Crippen LogP contribution in [-0.4, -0.2) is 40.8 Å². The van der Waals surface area contributed by atoms with Crippen LogP contribution >= 0.6 is 0 Å². The normalized spacial score (nSPS) is 10.5. The van der Waals surface area contributed by atoms with Crippen molar-refractivity contribution in [3.05, 3.63) is 100.0 Å². The molecule has 192 valence electrons. The SMILES string of the molecule is CCc1c(C(=O)C(N)=O)c2c(OCC(=O)OC)nc(C)cn2c1Cc1ccccc1C#Cc1ccccc1. The molecular weight excluding hydrogens is 482 g/mol. The average Bonchev–Trinajstić information content (AvgIpc) is 3.23. The highest BCUT2D eigenvalue weighted by Gasteiger charge is 2.29. The van der Waals surface area contributed by atoms with E-state index >= 15 is 0 Å². The molecule has 2 heterocycles. The van der Waals surface area contributed by atoms with Crippen LogP contribution in [0.1, 0.15) is 50.9 Å². The largest absolute Gasteiger partial charge is 0.466 e. The number of hydrogen-bond acceptors (Lipinski definition) is 6. The van der Waals surface area contributed by atoms with Crippen LogP contribution in [0.15, 0.2) is 60.8 Å². The number of carbonyl (C=O) groups is 3. The lowest BCUT2D eigenvalue weighted by Crippen LogP contribution is -2.24. The summed E-state index contributed by atoms with van der Waals surface area (Å²) in [5.41, 5.74) is 10.5. The van der Waals surface area contributed by atoms with Gasteiger partial charge in [0.15, 0.2) is 6.61 Å². The van der Waals surface area contributed by atoms with E-state index in [2.05, 4.69) is 21.6 Å². The summed E-state index contributed by atoms with van der Waals surface area (Å²) < 4.78 is 12.1. The molecule has 0 aliphatic heterocycles. The third-order valence-electron chi connectivity index (χ3n) is 6.06. The topological polar surface area (TPSA) is 113 Å². The minimum atomic E-state index is -1.09. The van der Waals surface area contributed by atoms with Gasteiger partial charge in [0.25, 0.3) is 11.7 Å². The number of ketones is 1. The molecule has 4 rings (SSSR count). The lowest BCUT2D eigenvalue weighted by atomic mass is 9.97. The molecule has 2 aromatic carbocycles. The Hall–Kier alpha value is -4.90. The number of esters is 1. The lowest BCUT2D eigenvalue weighted by molar-refractivity contribution is -0.143. The highest BCUT2D eigenvalue weighted by molar-refractivity contribution is 6.44. The molecular formula is C30H27N3O5. The van der Waals surface area contributed by atoms with Gasteiger partial charge < -0.3 is 19.6 Å². The van der Waals surface area contributed by atoms with E-state index in [0.29, 0.717) is 24.1 Å². The Kier molecular flexibility index (Phi) is 7.88. The average molecular weight is 510 g/mol. The molecule has 0 aliphatic rings. The minimum absolute atomic E-state index is 0.0399. The third-order valence-corrected chi connectivity index (χ3v) is 6.06. The zero-order chi connectivity index (χ0) is 27.2. The maximum absolute atomic E-state index is 13.1. The van der Waals surface area contributed by atoms with Crippen molar-refractivity contribution < 1.29 is 23.9 Å². The van der Waals surface area contributed by atoms with Crippen molar-refractivity contribution in [2.45, 2.75) is 26.7 Å². The first-order chi connectivity index (χ1) is 18.3. The molecule has 0 unspecified atom stereocenters. The van der Waals surface area contributed by atoms with Crippen LogP contribution in [0, 0.1) is 18.8 Å². The number of amides is 1. The first-order valence-electron chi connectivity index (χ1n) is 12.1. The molecule has 38 heavy (non-hydrogen) atoms. The molecule has 0 radical (unpaired) electrons. The summed E-state index contributed by atoms with van der Waals surface area (Å²) in [5.74, 6) is 3.94. The van der Waals surface area contributed by atoms with Gasteiger partial charge in [-0.1, -0.05) is 55.2 Å².